The molecule has 2 aromatic rings. The zero-order valence-corrected chi connectivity index (χ0v) is 12.5. The first kappa shape index (κ1) is 15.6. The fourth-order valence-electron chi connectivity index (χ4n) is 2.30. The van der Waals surface area contributed by atoms with Gasteiger partial charge in [0, 0.05) is 0 Å². The van der Waals surface area contributed by atoms with Gasteiger partial charge < -0.3 is 14.3 Å². The fourth-order valence-corrected chi connectivity index (χ4v) is 2.30. The van der Waals surface area contributed by atoms with Crippen molar-refractivity contribution in [3.8, 4) is 11.8 Å². The van der Waals surface area contributed by atoms with E-state index in [2.05, 4.69) is 13.0 Å². The minimum absolute atomic E-state index is 0.162. The highest BCUT2D eigenvalue weighted by atomic mass is 16.5. The molecule has 1 heterocycles. The molecule has 0 aliphatic rings. The maximum Gasteiger partial charge on any atom is 0.371 e. The predicted molar refractivity (Wildman–Crippen MR) is 80.1 cm³/mol. The average Bonchev–Trinajstić information content (AvgIpc) is 3.02. The molecule has 0 saturated heterocycles. The van der Waals surface area contributed by atoms with Crippen molar-refractivity contribution < 1.29 is 19.1 Å². The Kier molecular flexibility index (Phi) is 4.84. The van der Waals surface area contributed by atoms with Crippen molar-refractivity contribution in [2.45, 2.75) is 25.7 Å². The van der Waals surface area contributed by atoms with Crippen molar-refractivity contribution in [2.75, 3.05) is 7.11 Å². The first-order valence-electron chi connectivity index (χ1n) is 6.97. The zero-order chi connectivity index (χ0) is 16.1. The number of carboxylic acids is 1. The number of carbonyl (C=O) groups is 1. The normalized spacial score (nSPS) is 11.7. The van der Waals surface area contributed by atoms with Crippen LogP contribution in [0.5, 0.6) is 5.75 Å². The average molecular weight is 299 g/mol. The summed E-state index contributed by atoms with van der Waals surface area (Å²) >= 11 is 0. The summed E-state index contributed by atoms with van der Waals surface area (Å²) < 4.78 is 10.6. The van der Waals surface area contributed by atoms with Crippen molar-refractivity contribution in [1.82, 2.24) is 0 Å². The van der Waals surface area contributed by atoms with Gasteiger partial charge in [0.1, 0.15) is 17.4 Å². The molecule has 0 radical (unpaired) electrons. The number of carboxylic acid groups (broad SMARTS) is 1. The molecule has 114 valence electrons. The molecule has 0 aliphatic heterocycles. The smallest absolute Gasteiger partial charge is 0.371 e. The molecule has 0 amide bonds. The molecule has 1 aromatic carbocycles. The summed E-state index contributed by atoms with van der Waals surface area (Å²) in [6, 6.07) is 10.9. The number of methoxy groups -OCH3 is 1. The number of nitrogens with zero attached hydrogens (tertiary/aromatic N) is 1. The quantitative estimate of drug-likeness (QED) is 0.883. The van der Waals surface area contributed by atoms with Gasteiger partial charge in [0.05, 0.1) is 13.2 Å². The van der Waals surface area contributed by atoms with E-state index in [-0.39, 0.29) is 5.76 Å². The number of furan rings is 1. The lowest BCUT2D eigenvalue weighted by Gasteiger charge is -2.12. The second-order valence-electron chi connectivity index (χ2n) is 4.89. The van der Waals surface area contributed by atoms with Crippen LogP contribution in [0.15, 0.2) is 34.7 Å². The summed E-state index contributed by atoms with van der Waals surface area (Å²) in [4.78, 5) is 10.9. The molecule has 1 N–H and O–H groups in total. The van der Waals surface area contributed by atoms with Crippen molar-refractivity contribution in [3.05, 3.63) is 53.0 Å². The number of rotatable bonds is 6. The van der Waals surface area contributed by atoms with Crippen LogP contribution in [0, 0.1) is 11.3 Å². The third kappa shape index (κ3) is 3.29. The van der Waals surface area contributed by atoms with Gasteiger partial charge in [-0.2, -0.15) is 5.26 Å². The lowest BCUT2D eigenvalue weighted by Crippen LogP contribution is -2.02. The number of hydrogen-bond donors (Lipinski definition) is 1. The van der Waals surface area contributed by atoms with E-state index in [4.69, 9.17) is 14.3 Å². The highest BCUT2D eigenvalue weighted by Gasteiger charge is 2.20. The third-order valence-corrected chi connectivity index (χ3v) is 3.51. The third-order valence-electron chi connectivity index (χ3n) is 3.51. The molecule has 22 heavy (non-hydrogen) atoms. The van der Waals surface area contributed by atoms with E-state index in [0.717, 1.165) is 17.5 Å². The maximum atomic E-state index is 10.9. The van der Waals surface area contributed by atoms with Gasteiger partial charge in [0.25, 0.3) is 0 Å². The van der Waals surface area contributed by atoms with Gasteiger partial charge in [-0.25, -0.2) is 4.79 Å². The van der Waals surface area contributed by atoms with Crippen LogP contribution >= 0.6 is 0 Å². The van der Waals surface area contributed by atoms with Gasteiger partial charge >= 0.3 is 5.97 Å². The highest BCUT2D eigenvalue weighted by molar-refractivity contribution is 5.84. The van der Waals surface area contributed by atoms with E-state index >= 15 is 0 Å². The van der Waals surface area contributed by atoms with Crippen molar-refractivity contribution in [2.24, 2.45) is 0 Å². The van der Waals surface area contributed by atoms with Gasteiger partial charge in [-0.1, -0.05) is 19.1 Å². The fraction of sp³-hybridized carbons (Fsp3) is 0.294. The van der Waals surface area contributed by atoms with E-state index in [1.807, 2.05) is 18.2 Å². The van der Waals surface area contributed by atoms with Crippen LogP contribution in [-0.4, -0.2) is 18.2 Å². The van der Waals surface area contributed by atoms with Gasteiger partial charge in [0.15, 0.2) is 0 Å². The molecule has 0 saturated carbocycles. The molecular formula is C17H17NO4. The first-order chi connectivity index (χ1) is 10.6. The van der Waals surface area contributed by atoms with E-state index in [9.17, 15) is 10.1 Å². The number of hydrogen-bond acceptors (Lipinski definition) is 4. The summed E-state index contributed by atoms with van der Waals surface area (Å²) in [7, 11) is 1.58. The van der Waals surface area contributed by atoms with Crippen LogP contribution in [0.2, 0.25) is 0 Å². The number of aryl methyl sites for hydroxylation is 1. The summed E-state index contributed by atoms with van der Waals surface area (Å²) in [6.07, 6.45) is 1.29. The van der Waals surface area contributed by atoms with Gasteiger partial charge in [0.2, 0.25) is 5.76 Å². The predicted octanol–water partition coefficient (Wildman–Crippen LogP) is 3.40. The molecule has 2 rings (SSSR count). The SMILES string of the molecule is CCc1ccc(OC)c(CC(C#N)c2ccc(C(=O)O)o2)c1. The second-order valence-corrected chi connectivity index (χ2v) is 4.89. The molecule has 0 aliphatic carbocycles. The Labute approximate surface area is 128 Å². The van der Waals surface area contributed by atoms with Gasteiger partial charge in [-0.15, -0.1) is 0 Å². The lowest BCUT2D eigenvalue weighted by molar-refractivity contribution is 0.0660. The Morgan fingerprint density at radius 1 is 1.41 bits per heavy atom. The Hall–Kier alpha value is -2.74. The first-order valence-corrected chi connectivity index (χ1v) is 6.97. The monoisotopic (exact) mass is 299 g/mol. The minimum Gasteiger partial charge on any atom is -0.496 e. The topological polar surface area (TPSA) is 83.5 Å². The van der Waals surface area contributed by atoms with E-state index in [1.165, 1.54) is 12.1 Å². The molecule has 5 nitrogen and oxygen atoms in total. The summed E-state index contributed by atoms with van der Waals surface area (Å²) in [5, 5.41) is 18.3. The summed E-state index contributed by atoms with van der Waals surface area (Å²) in [5.74, 6) is -0.807. The van der Waals surface area contributed by atoms with Crippen LogP contribution in [0.4, 0.5) is 0 Å². The lowest BCUT2D eigenvalue weighted by atomic mass is 9.96. The van der Waals surface area contributed by atoms with Crippen molar-refractivity contribution in [3.63, 3.8) is 0 Å². The zero-order valence-electron chi connectivity index (χ0n) is 12.5. The molecule has 0 fully saturated rings. The van der Waals surface area contributed by atoms with E-state index in [0.29, 0.717) is 17.9 Å². The Morgan fingerprint density at radius 2 is 2.18 bits per heavy atom. The van der Waals surface area contributed by atoms with Crippen LogP contribution in [0.25, 0.3) is 0 Å². The molecule has 0 bridgehead atoms. The van der Waals surface area contributed by atoms with Gasteiger partial charge in [-0.3, -0.25) is 0 Å². The van der Waals surface area contributed by atoms with Crippen LogP contribution < -0.4 is 4.74 Å². The summed E-state index contributed by atoms with van der Waals surface area (Å²) in [6.45, 7) is 2.05. The highest BCUT2D eigenvalue weighted by Crippen LogP contribution is 2.28. The van der Waals surface area contributed by atoms with E-state index in [1.54, 1.807) is 7.11 Å². The number of benzene rings is 1. The Balaban J connectivity index is 2.30. The van der Waals surface area contributed by atoms with Gasteiger partial charge in [-0.05, 0) is 42.2 Å². The van der Waals surface area contributed by atoms with Crippen LogP contribution in [0.3, 0.4) is 0 Å². The molecule has 1 atom stereocenters. The minimum atomic E-state index is -1.14. The molecule has 1 unspecified atom stereocenters. The van der Waals surface area contributed by atoms with Crippen LogP contribution in [0.1, 0.15) is 40.3 Å². The summed E-state index contributed by atoms with van der Waals surface area (Å²) in [5.41, 5.74) is 2.06. The molecule has 5 heteroatoms. The molecule has 1 aromatic heterocycles. The number of aromatic carboxylic acids is 1. The molecule has 0 spiro atoms. The maximum absolute atomic E-state index is 10.9. The van der Waals surface area contributed by atoms with Crippen LogP contribution in [-0.2, 0) is 12.8 Å². The molecular weight excluding hydrogens is 282 g/mol. The Morgan fingerprint density at radius 3 is 2.73 bits per heavy atom. The Bertz CT molecular complexity index is 712. The standard InChI is InChI=1S/C17H17NO4/c1-3-11-4-5-14(21-2)12(8-11)9-13(10-18)15-6-7-16(22-15)17(19)20/h4-8,13H,3,9H2,1-2H3,(H,19,20). The van der Waals surface area contributed by atoms with Crippen molar-refractivity contribution in [1.29, 1.82) is 5.26 Å². The van der Waals surface area contributed by atoms with E-state index < -0.39 is 11.9 Å². The number of nitriles is 1. The number of ether oxygens (including phenoxy) is 1. The van der Waals surface area contributed by atoms with Crippen molar-refractivity contribution >= 4 is 5.97 Å². The second kappa shape index (κ2) is 6.81. The largest absolute Gasteiger partial charge is 0.496 e.